The maximum Gasteiger partial charge on any atom is 0.143 e. The Bertz CT molecular complexity index is 537. The Labute approximate surface area is 104 Å². The molecule has 1 aromatic heterocycles. The van der Waals surface area contributed by atoms with E-state index in [1.54, 1.807) is 31.5 Å². The number of imidazole rings is 1. The number of methoxy groups -OCH3 is 1. The Morgan fingerprint density at radius 1 is 1.47 bits per heavy atom. The van der Waals surface area contributed by atoms with E-state index in [9.17, 15) is 0 Å². The number of halogens is 1. The van der Waals surface area contributed by atoms with Gasteiger partial charge in [0.2, 0.25) is 0 Å². The molecule has 17 heavy (non-hydrogen) atoms. The Hall–Kier alpha value is -1.52. The molecule has 2 aromatic rings. The van der Waals surface area contributed by atoms with Crippen LogP contribution in [-0.2, 0) is 13.7 Å². The molecule has 0 fully saturated rings. The first-order valence-electron chi connectivity index (χ1n) is 5.12. The monoisotopic (exact) mass is 252 g/mol. The van der Waals surface area contributed by atoms with Crippen LogP contribution >= 0.6 is 11.6 Å². The second-order valence-electron chi connectivity index (χ2n) is 3.67. The van der Waals surface area contributed by atoms with Crippen LogP contribution in [0.1, 0.15) is 5.69 Å². The number of aliphatic hydroxyl groups is 1. The zero-order chi connectivity index (χ0) is 12.4. The number of nitrogens with zero attached hydrogens (tertiary/aromatic N) is 2. The van der Waals surface area contributed by atoms with Gasteiger partial charge in [-0.15, -0.1) is 0 Å². The van der Waals surface area contributed by atoms with E-state index in [1.807, 2.05) is 11.6 Å². The van der Waals surface area contributed by atoms with Gasteiger partial charge in [-0.1, -0.05) is 11.6 Å². The van der Waals surface area contributed by atoms with Gasteiger partial charge >= 0.3 is 0 Å². The summed E-state index contributed by atoms with van der Waals surface area (Å²) >= 11 is 5.97. The molecule has 0 atom stereocenters. The van der Waals surface area contributed by atoms with Crippen LogP contribution < -0.4 is 4.74 Å². The van der Waals surface area contributed by atoms with Crippen molar-refractivity contribution in [1.82, 2.24) is 9.55 Å². The molecule has 1 N–H and O–H groups in total. The van der Waals surface area contributed by atoms with Crippen molar-refractivity contribution >= 4 is 11.6 Å². The van der Waals surface area contributed by atoms with Crippen molar-refractivity contribution in [2.75, 3.05) is 7.11 Å². The summed E-state index contributed by atoms with van der Waals surface area (Å²) in [6, 6.07) is 5.36. The summed E-state index contributed by atoms with van der Waals surface area (Å²) in [5.41, 5.74) is 1.42. The molecule has 0 saturated heterocycles. The highest BCUT2D eigenvalue weighted by atomic mass is 35.5. The summed E-state index contributed by atoms with van der Waals surface area (Å²) in [5, 5.41) is 9.69. The molecule has 0 spiro atoms. The lowest BCUT2D eigenvalue weighted by Crippen LogP contribution is -1.94. The van der Waals surface area contributed by atoms with E-state index < -0.39 is 0 Å². The van der Waals surface area contributed by atoms with Gasteiger partial charge in [-0.2, -0.15) is 0 Å². The van der Waals surface area contributed by atoms with E-state index in [0.29, 0.717) is 22.3 Å². The number of aromatic nitrogens is 2. The first-order valence-corrected chi connectivity index (χ1v) is 5.50. The first kappa shape index (κ1) is 12.0. The minimum Gasteiger partial charge on any atom is -0.496 e. The molecular formula is C12H13ClN2O2. The fraction of sp³-hybridized carbons (Fsp3) is 0.250. The highest BCUT2D eigenvalue weighted by molar-refractivity contribution is 6.30. The lowest BCUT2D eigenvalue weighted by molar-refractivity contribution is 0.277. The third-order valence-corrected chi connectivity index (χ3v) is 2.73. The zero-order valence-corrected chi connectivity index (χ0v) is 10.4. The van der Waals surface area contributed by atoms with E-state index in [1.165, 1.54) is 0 Å². The van der Waals surface area contributed by atoms with Crippen molar-refractivity contribution in [3.05, 3.63) is 35.1 Å². The van der Waals surface area contributed by atoms with E-state index in [0.717, 1.165) is 5.56 Å². The fourth-order valence-electron chi connectivity index (χ4n) is 1.71. The van der Waals surface area contributed by atoms with E-state index in [2.05, 4.69) is 4.98 Å². The van der Waals surface area contributed by atoms with E-state index in [4.69, 9.17) is 21.4 Å². The zero-order valence-electron chi connectivity index (χ0n) is 9.64. The standard InChI is InChI=1S/C12H13ClN2O2/c1-15-6-9(7-16)14-12(15)10-5-8(13)3-4-11(10)17-2/h3-6,16H,7H2,1-2H3. The van der Waals surface area contributed by atoms with Crippen LogP contribution in [-0.4, -0.2) is 21.8 Å². The van der Waals surface area contributed by atoms with Gasteiger partial charge in [0.15, 0.2) is 0 Å². The minimum atomic E-state index is -0.0866. The molecule has 0 aliphatic rings. The van der Waals surface area contributed by atoms with Crippen molar-refractivity contribution in [3.8, 4) is 17.1 Å². The van der Waals surface area contributed by atoms with Crippen LogP contribution in [0, 0.1) is 0 Å². The van der Waals surface area contributed by atoms with Crippen molar-refractivity contribution < 1.29 is 9.84 Å². The summed E-state index contributed by atoms with van der Waals surface area (Å²) in [6.45, 7) is -0.0866. The van der Waals surface area contributed by atoms with Crippen molar-refractivity contribution in [2.45, 2.75) is 6.61 Å². The van der Waals surface area contributed by atoms with Crippen LogP contribution in [0.25, 0.3) is 11.4 Å². The maximum absolute atomic E-state index is 9.07. The van der Waals surface area contributed by atoms with Crippen molar-refractivity contribution in [2.24, 2.45) is 7.05 Å². The van der Waals surface area contributed by atoms with Gasteiger partial charge < -0.3 is 14.4 Å². The summed E-state index contributed by atoms with van der Waals surface area (Å²) in [6.07, 6.45) is 1.77. The second kappa shape index (κ2) is 4.77. The molecule has 5 heteroatoms. The van der Waals surface area contributed by atoms with Gasteiger partial charge in [-0.3, -0.25) is 0 Å². The lowest BCUT2D eigenvalue weighted by atomic mass is 10.2. The molecule has 0 aliphatic heterocycles. The minimum absolute atomic E-state index is 0.0866. The Morgan fingerprint density at radius 3 is 2.82 bits per heavy atom. The largest absolute Gasteiger partial charge is 0.496 e. The van der Waals surface area contributed by atoms with Crippen molar-refractivity contribution in [1.29, 1.82) is 0 Å². The highest BCUT2D eigenvalue weighted by Crippen LogP contribution is 2.31. The Kier molecular flexibility index (Phi) is 3.36. The summed E-state index contributed by atoms with van der Waals surface area (Å²) in [4.78, 5) is 4.32. The molecule has 2 rings (SSSR count). The normalized spacial score (nSPS) is 10.6. The van der Waals surface area contributed by atoms with Crippen LogP contribution in [0.4, 0.5) is 0 Å². The van der Waals surface area contributed by atoms with Gasteiger partial charge in [-0.25, -0.2) is 4.98 Å². The molecule has 90 valence electrons. The second-order valence-corrected chi connectivity index (χ2v) is 4.11. The Morgan fingerprint density at radius 2 is 2.24 bits per heavy atom. The number of hydrogen-bond donors (Lipinski definition) is 1. The van der Waals surface area contributed by atoms with Gasteiger partial charge in [0, 0.05) is 18.3 Å². The summed E-state index contributed by atoms with van der Waals surface area (Å²) < 4.78 is 7.11. The van der Waals surface area contributed by atoms with E-state index in [-0.39, 0.29) is 6.61 Å². The molecular weight excluding hydrogens is 240 g/mol. The molecule has 1 aromatic carbocycles. The number of benzene rings is 1. The van der Waals surface area contributed by atoms with E-state index >= 15 is 0 Å². The molecule has 1 heterocycles. The quantitative estimate of drug-likeness (QED) is 0.911. The number of ether oxygens (including phenoxy) is 1. The van der Waals surface area contributed by atoms with Crippen LogP contribution in [0.3, 0.4) is 0 Å². The van der Waals surface area contributed by atoms with Crippen LogP contribution in [0.15, 0.2) is 24.4 Å². The lowest BCUT2D eigenvalue weighted by Gasteiger charge is -2.08. The van der Waals surface area contributed by atoms with Crippen molar-refractivity contribution in [3.63, 3.8) is 0 Å². The van der Waals surface area contributed by atoms with Crippen LogP contribution in [0.5, 0.6) is 5.75 Å². The molecule has 0 aliphatic carbocycles. The predicted octanol–water partition coefficient (Wildman–Crippen LogP) is 2.24. The third-order valence-electron chi connectivity index (χ3n) is 2.49. The molecule has 0 amide bonds. The summed E-state index contributed by atoms with van der Waals surface area (Å²) in [5.74, 6) is 1.42. The average molecular weight is 253 g/mol. The highest BCUT2D eigenvalue weighted by Gasteiger charge is 2.12. The van der Waals surface area contributed by atoms with Gasteiger partial charge in [0.25, 0.3) is 0 Å². The molecule has 0 bridgehead atoms. The number of aryl methyl sites for hydroxylation is 1. The third kappa shape index (κ3) is 2.28. The van der Waals surface area contributed by atoms with Gasteiger partial charge in [-0.05, 0) is 18.2 Å². The fourth-order valence-corrected chi connectivity index (χ4v) is 1.88. The SMILES string of the molecule is COc1ccc(Cl)cc1-c1nc(CO)cn1C. The topological polar surface area (TPSA) is 47.3 Å². The van der Waals surface area contributed by atoms with Gasteiger partial charge in [0.05, 0.1) is 25.0 Å². The number of aliphatic hydroxyl groups excluding tert-OH is 1. The van der Waals surface area contributed by atoms with Gasteiger partial charge in [0.1, 0.15) is 11.6 Å². The smallest absolute Gasteiger partial charge is 0.143 e. The number of hydrogen-bond acceptors (Lipinski definition) is 3. The maximum atomic E-state index is 9.07. The number of rotatable bonds is 3. The summed E-state index contributed by atoms with van der Waals surface area (Å²) in [7, 11) is 3.46. The predicted molar refractivity (Wildman–Crippen MR) is 66.1 cm³/mol. The molecule has 0 unspecified atom stereocenters. The van der Waals surface area contributed by atoms with Crippen LogP contribution in [0.2, 0.25) is 5.02 Å². The Balaban J connectivity index is 2.58. The molecule has 0 saturated carbocycles. The molecule has 0 radical (unpaired) electrons. The average Bonchev–Trinajstić information content (AvgIpc) is 2.70. The molecule has 4 nitrogen and oxygen atoms in total. The first-order chi connectivity index (χ1) is 8.15.